The van der Waals surface area contributed by atoms with Crippen LogP contribution in [0.3, 0.4) is 0 Å². The van der Waals surface area contributed by atoms with Crippen molar-refractivity contribution in [1.82, 2.24) is 0 Å². The number of hydrogen-bond donors (Lipinski definition) is 1. The summed E-state index contributed by atoms with van der Waals surface area (Å²) in [5.74, 6) is -1.83. The first kappa shape index (κ1) is 16.0. The largest absolute Gasteiger partial charge is 0.481 e. The van der Waals surface area contributed by atoms with Crippen molar-refractivity contribution in [1.29, 1.82) is 5.26 Å². The van der Waals surface area contributed by atoms with Gasteiger partial charge in [0, 0.05) is 0 Å². The van der Waals surface area contributed by atoms with Crippen LogP contribution in [0.25, 0.3) is 0 Å². The number of thioether (sulfide) groups is 1. The molecule has 0 aliphatic carbocycles. The zero-order chi connectivity index (χ0) is 13.4. The Hall–Kier alpha value is -3.00. The van der Waals surface area contributed by atoms with E-state index in [0.717, 1.165) is 5.56 Å². The van der Waals surface area contributed by atoms with Gasteiger partial charge in [0.15, 0.2) is 0 Å². The fourth-order valence-electron chi connectivity index (χ4n) is 1.22. The third kappa shape index (κ3) is 5.75. The van der Waals surface area contributed by atoms with Crippen molar-refractivity contribution in [3.05, 3.63) is 35.9 Å². The van der Waals surface area contributed by atoms with E-state index in [9.17, 15) is 9.59 Å². The van der Waals surface area contributed by atoms with Crippen molar-refractivity contribution < 1.29 is 19.4 Å². The number of aliphatic carboxylic acids is 1. The average Bonchev–Trinajstić information content (AvgIpc) is 2.36. The maximum absolute atomic E-state index is 11.6. The van der Waals surface area contributed by atoms with Gasteiger partial charge in [0.25, 0.3) is 0 Å². The summed E-state index contributed by atoms with van der Waals surface area (Å²) in [6.45, 7) is 0.0712. The number of hydrogen-bond acceptors (Lipinski definition) is 5. The van der Waals surface area contributed by atoms with E-state index < -0.39 is 23.6 Å². The molecule has 0 aromatic heterocycles. The number of ether oxygens (including phenoxy) is 1. The third-order valence-electron chi connectivity index (χ3n) is 2.04. The second-order valence-corrected chi connectivity index (χ2v) is 4.38. The van der Waals surface area contributed by atoms with Crippen LogP contribution >= 0.6 is 11.8 Å². The summed E-state index contributed by atoms with van der Waals surface area (Å²) in [7, 11) is 0. The van der Waals surface area contributed by atoms with Crippen molar-refractivity contribution in [2.24, 2.45) is 0 Å². The van der Waals surface area contributed by atoms with Gasteiger partial charge in [-0.15, -0.1) is 0 Å². The Morgan fingerprint density at radius 3 is 2.53 bits per heavy atom. The molecule has 0 spiro atoms. The van der Waals surface area contributed by atoms with Crippen LogP contribution in [0.15, 0.2) is 30.3 Å². The fourth-order valence-corrected chi connectivity index (χ4v) is 1.73. The van der Waals surface area contributed by atoms with Gasteiger partial charge >= 0.3 is 11.9 Å². The molecule has 0 saturated heterocycles. The van der Waals surface area contributed by atoms with Gasteiger partial charge in [-0.05, 0) is 17.3 Å². The molecular weight excluding hydrogens is 511 g/mol. The number of carbonyl (C=O) groups is 2. The molecule has 1 aromatic carbocycles. The molecule has 5 nitrogen and oxygen atoms in total. The second-order valence-electron chi connectivity index (χ2n) is 3.39. The Bertz CT molecular complexity index is 461. The molecule has 0 fully saturated rings. The molecule has 7 heteroatoms. The number of nitrogens with zero attached hydrogens (tertiary/aromatic N) is 1. The number of esters is 1. The maximum atomic E-state index is 11.6. The monoisotopic (exact) mass is 522 g/mol. The van der Waals surface area contributed by atoms with Crippen molar-refractivity contribution in [2.75, 3.05) is 0 Å². The van der Waals surface area contributed by atoms with E-state index >= 15 is 0 Å². The fraction of sp³-hybridized carbons (Fsp3) is 0.250. The number of carboxylic acid groups (broad SMARTS) is 1. The molecule has 0 aliphatic heterocycles. The van der Waals surface area contributed by atoms with Crippen molar-refractivity contribution in [2.45, 2.75) is 18.3 Å². The van der Waals surface area contributed by atoms with Gasteiger partial charge in [-0.3, -0.25) is 9.59 Å². The van der Waals surface area contributed by atoms with Crippen molar-refractivity contribution in [3.8, 4) is 5.40 Å². The number of carbonyl (C=O) groups excluding carboxylic acids is 1. The number of rotatable bonds is 6. The van der Waals surface area contributed by atoms with Crippen molar-refractivity contribution >= 4 is 23.7 Å². The van der Waals surface area contributed by atoms with Crippen LogP contribution in [0.1, 0.15) is 12.0 Å². The van der Waals surface area contributed by atoms with Gasteiger partial charge in [0.1, 0.15) is 17.3 Å². The number of carboxylic acids is 1. The molecule has 1 unspecified atom stereocenters. The van der Waals surface area contributed by atoms with Crippen LogP contribution < -0.4 is 0 Å². The predicted molar refractivity (Wildman–Crippen MR) is 65.5 cm³/mol. The molecule has 1 aromatic rings. The van der Waals surface area contributed by atoms with E-state index in [4.69, 9.17) is 15.1 Å². The molecule has 0 aliphatic rings. The van der Waals surface area contributed by atoms with Gasteiger partial charge in [0.2, 0.25) is 0 Å². The summed E-state index contributed by atoms with van der Waals surface area (Å²) in [5, 5.41) is 17.8. The Morgan fingerprint density at radius 2 is 2.00 bits per heavy atom. The minimum atomic E-state index is -1.14. The van der Waals surface area contributed by atoms with Gasteiger partial charge in [-0.1, -0.05) is 30.3 Å². The molecule has 0 bridgehead atoms. The quantitative estimate of drug-likeness (QED) is 0.453. The molecule has 0 saturated carbocycles. The van der Waals surface area contributed by atoms with Gasteiger partial charge in [-0.2, -0.15) is 5.26 Å². The minimum absolute atomic E-state index is 0. The molecule has 19 heavy (non-hydrogen) atoms. The van der Waals surface area contributed by atoms with Crippen LogP contribution in [0.5, 0.6) is 0 Å². The molecule has 1 rings (SSSR count). The zero-order valence-corrected chi connectivity index (χ0v) is 12.9. The van der Waals surface area contributed by atoms with Gasteiger partial charge < -0.3 is 9.84 Å². The van der Waals surface area contributed by atoms with Crippen LogP contribution in [-0.2, 0) is 20.9 Å². The normalized spacial score (nSPS) is 10.7. The van der Waals surface area contributed by atoms with Crippen molar-refractivity contribution in [3.63, 3.8) is 0 Å². The Balaban J connectivity index is 0.00000324. The molecular formula is C12H11FmNO4S. The van der Waals surface area contributed by atoms with Crippen LogP contribution in [0.2, 0.25) is 0 Å². The predicted octanol–water partition coefficient (Wildman–Crippen LogP) is 1.79. The topological polar surface area (TPSA) is 87.4 Å². The third-order valence-corrected chi connectivity index (χ3v) is 2.79. The van der Waals surface area contributed by atoms with Gasteiger partial charge in [-0.25, -0.2) is 0 Å². The van der Waals surface area contributed by atoms with Gasteiger partial charge in [0.05, 0.1) is 6.42 Å². The number of thiocyanates is 1. The maximum Gasteiger partial charge on any atom is 0.321 e. The first-order chi connectivity index (χ1) is 8.63. The summed E-state index contributed by atoms with van der Waals surface area (Å²) >= 11 is 0.598. The van der Waals surface area contributed by atoms with E-state index in [0.29, 0.717) is 11.8 Å². The minimum Gasteiger partial charge on any atom is -0.481 e. The number of benzene rings is 1. The Kier molecular flexibility index (Phi) is 6.86. The SMILES string of the molecule is N#CSC(CC(=O)O)C(=O)OCc1ccccc1.[Fm]. The molecule has 1 N–H and O–H groups in total. The van der Waals surface area contributed by atoms with Crippen LogP contribution in [-0.4, -0.2) is 22.3 Å². The summed E-state index contributed by atoms with van der Waals surface area (Å²) in [5.41, 5.74) is 0.807. The molecule has 0 heterocycles. The first-order valence-corrected chi connectivity index (χ1v) is 5.98. The molecule has 1 atom stereocenters. The molecule has 0 radical (unpaired) electrons. The first-order valence-electron chi connectivity index (χ1n) is 5.10. The Labute approximate surface area is 108 Å². The second kappa shape index (κ2) is 8.14. The number of nitriles is 1. The van der Waals surface area contributed by atoms with Crippen LogP contribution in [0.4, 0.5) is 0 Å². The zero-order valence-electron chi connectivity index (χ0n) is 9.69. The Morgan fingerprint density at radius 1 is 1.37 bits per heavy atom. The van der Waals surface area contributed by atoms with E-state index in [1.807, 2.05) is 18.2 Å². The average molecular weight is 522 g/mol. The smallest absolute Gasteiger partial charge is 0.321 e. The van der Waals surface area contributed by atoms with E-state index in [1.54, 1.807) is 17.5 Å². The molecule has 106 valence electrons. The van der Waals surface area contributed by atoms with E-state index in [-0.39, 0.29) is 6.61 Å². The van der Waals surface area contributed by atoms with E-state index in [2.05, 4.69) is 0 Å². The summed E-state index contributed by atoms with van der Waals surface area (Å²) < 4.78 is 4.97. The summed E-state index contributed by atoms with van der Waals surface area (Å²) in [6, 6.07) is 9.03. The van der Waals surface area contributed by atoms with Crippen LogP contribution in [0, 0.1) is 10.7 Å². The standard InChI is InChI=1S/C12H11NO4S.Fm/c13-8-18-10(6-11(14)15)12(16)17-7-9-4-2-1-3-5-9;/h1-5,10H,6-7H2,(H,14,15);. The van der Waals surface area contributed by atoms with E-state index in [1.165, 1.54) is 0 Å². The molecule has 0 amide bonds. The summed E-state index contributed by atoms with van der Waals surface area (Å²) in [4.78, 5) is 22.1. The summed E-state index contributed by atoms with van der Waals surface area (Å²) in [6.07, 6.45) is -0.425.